The number of nitrogens with two attached hydrogens (primary N) is 1. The van der Waals surface area contributed by atoms with Crippen molar-refractivity contribution in [3.05, 3.63) is 30.1 Å². The molecule has 1 heterocycles. The van der Waals surface area contributed by atoms with Gasteiger partial charge in [0.05, 0.1) is 0 Å². The maximum Gasteiger partial charge on any atom is 0.194 e. The Balaban J connectivity index is 2.14. The minimum absolute atomic E-state index is 0.369. The zero-order chi connectivity index (χ0) is 13.9. The summed E-state index contributed by atoms with van der Waals surface area (Å²) in [6.45, 7) is 3.56. The van der Waals surface area contributed by atoms with E-state index in [0.29, 0.717) is 17.6 Å². The summed E-state index contributed by atoms with van der Waals surface area (Å²) in [5.41, 5.74) is 6.94. The molecule has 0 unspecified atom stereocenters. The van der Waals surface area contributed by atoms with Crippen LogP contribution in [0.2, 0.25) is 0 Å². The van der Waals surface area contributed by atoms with Gasteiger partial charge in [-0.1, -0.05) is 6.92 Å². The first-order chi connectivity index (χ1) is 9.22. The van der Waals surface area contributed by atoms with Gasteiger partial charge in [-0.25, -0.2) is 0 Å². The van der Waals surface area contributed by atoms with Gasteiger partial charge in [0.15, 0.2) is 11.1 Å². The molecule has 0 spiro atoms. The lowest BCUT2D eigenvalue weighted by atomic mass is 10.1. The van der Waals surface area contributed by atoms with Crippen LogP contribution in [0.5, 0.6) is 0 Å². The lowest BCUT2D eigenvalue weighted by molar-refractivity contribution is 0.769. The Morgan fingerprint density at radius 1 is 1.42 bits per heavy atom. The maximum absolute atomic E-state index is 5.66. The highest BCUT2D eigenvalue weighted by molar-refractivity contribution is 7.80. The van der Waals surface area contributed by atoms with E-state index >= 15 is 0 Å². The van der Waals surface area contributed by atoms with Gasteiger partial charge in [0.2, 0.25) is 0 Å². The van der Waals surface area contributed by atoms with E-state index in [2.05, 4.69) is 20.6 Å². The molecular weight excluding hydrogens is 258 g/mol. The van der Waals surface area contributed by atoms with Crippen molar-refractivity contribution in [3.63, 3.8) is 0 Å². The van der Waals surface area contributed by atoms with E-state index in [0.717, 1.165) is 25.8 Å². The summed E-state index contributed by atoms with van der Waals surface area (Å²) in [6.07, 6.45) is 6.57. The number of nitrogens with one attached hydrogen (secondary N) is 2. The van der Waals surface area contributed by atoms with Crippen LogP contribution in [0.25, 0.3) is 0 Å². The van der Waals surface area contributed by atoms with Gasteiger partial charge in [-0.15, -0.1) is 0 Å². The number of aryl methyl sites for hydroxylation is 1. The van der Waals surface area contributed by atoms with Crippen molar-refractivity contribution in [1.29, 1.82) is 0 Å². The van der Waals surface area contributed by atoms with E-state index in [9.17, 15) is 0 Å². The van der Waals surface area contributed by atoms with Crippen molar-refractivity contribution in [2.45, 2.75) is 26.2 Å². The lowest BCUT2D eigenvalue weighted by Crippen LogP contribution is -2.43. The highest BCUT2D eigenvalue weighted by atomic mass is 32.1. The zero-order valence-corrected chi connectivity index (χ0v) is 12.0. The van der Waals surface area contributed by atoms with Crippen LogP contribution in [0.15, 0.2) is 29.5 Å². The van der Waals surface area contributed by atoms with Crippen LogP contribution in [-0.2, 0) is 6.42 Å². The Bertz CT molecular complexity index is 405. The van der Waals surface area contributed by atoms with Crippen LogP contribution in [-0.4, -0.2) is 29.1 Å². The van der Waals surface area contributed by atoms with Crippen molar-refractivity contribution in [2.75, 3.05) is 13.1 Å². The third-order valence-electron chi connectivity index (χ3n) is 2.42. The number of aliphatic imine (C=N–C) groups is 1. The standard InChI is InChI=1S/C13H21N5S/c1-2-7-16-12(14)18-13(19)17-8-3-4-11-5-9-15-10-6-11/h5-6,9-10H,2-4,7-8H2,1H3,(H4,14,16,17,18,19). The molecule has 6 heteroatoms. The van der Waals surface area contributed by atoms with Gasteiger partial charge in [-0.05, 0) is 49.2 Å². The Hall–Kier alpha value is -1.69. The first-order valence-corrected chi connectivity index (χ1v) is 6.87. The summed E-state index contributed by atoms with van der Waals surface area (Å²) < 4.78 is 0. The molecule has 1 aromatic rings. The van der Waals surface area contributed by atoms with E-state index in [4.69, 9.17) is 18.0 Å². The molecule has 104 valence electrons. The first kappa shape index (κ1) is 15.4. The molecule has 0 radical (unpaired) electrons. The van der Waals surface area contributed by atoms with Crippen molar-refractivity contribution in [3.8, 4) is 0 Å². The molecule has 1 rings (SSSR count). The van der Waals surface area contributed by atoms with Gasteiger partial charge in [-0.3, -0.25) is 9.98 Å². The van der Waals surface area contributed by atoms with E-state index in [1.165, 1.54) is 5.56 Å². The van der Waals surface area contributed by atoms with Crippen LogP contribution in [0.1, 0.15) is 25.3 Å². The molecule has 0 fully saturated rings. The largest absolute Gasteiger partial charge is 0.370 e. The van der Waals surface area contributed by atoms with Crippen molar-refractivity contribution < 1.29 is 0 Å². The van der Waals surface area contributed by atoms with Gasteiger partial charge >= 0.3 is 0 Å². The predicted octanol–water partition coefficient (Wildman–Crippen LogP) is 1.20. The summed E-state index contributed by atoms with van der Waals surface area (Å²) in [6, 6.07) is 4.04. The normalized spacial score (nSPS) is 11.1. The lowest BCUT2D eigenvalue weighted by Gasteiger charge is -2.09. The number of pyridine rings is 1. The molecule has 5 nitrogen and oxygen atoms in total. The Labute approximate surface area is 119 Å². The number of nitrogens with zero attached hydrogens (tertiary/aromatic N) is 2. The second-order valence-electron chi connectivity index (χ2n) is 4.11. The number of hydrogen-bond donors (Lipinski definition) is 3. The minimum Gasteiger partial charge on any atom is -0.370 e. The Kier molecular flexibility index (Phi) is 7.50. The molecule has 1 aromatic heterocycles. The van der Waals surface area contributed by atoms with E-state index in [-0.39, 0.29) is 0 Å². The average Bonchev–Trinajstić information content (AvgIpc) is 2.42. The first-order valence-electron chi connectivity index (χ1n) is 6.46. The average molecular weight is 279 g/mol. The third-order valence-corrected chi connectivity index (χ3v) is 2.67. The van der Waals surface area contributed by atoms with E-state index in [1.54, 1.807) is 12.4 Å². The summed E-state index contributed by atoms with van der Waals surface area (Å²) >= 11 is 5.12. The third kappa shape index (κ3) is 7.35. The fourth-order valence-corrected chi connectivity index (χ4v) is 1.68. The predicted molar refractivity (Wildman–Crippen MR) is 83.1 cm³/mol. The number of rotatable bonds is 6. The van der Waals surface area contributed by atoms with Gasteiger partial charge in [0.1, 0.15) is 0 Å². The summed E-state index contributed by atoms with van der Waals surface area (Å²) in [7, 11) is 0. The quantitative estimate of drug-likeness (QED) is 0.316. The Morgan fingerprint density at radius 3 is 2.84 bits per heavy atom. The van der Waals surface area contributed by atoms with Crippen LogP contribution in [0, 0.1) is 0 Å². The fraction of sp³-hybridized carbons (Fsp3) is 0.462. The topological polar surface area (TPSA) is 75.3 Å². The van der Waals surface area contributed by atoms with Crippen LogP contribution >= 0.6 is 12.2 Å². The monoisotopic (exact) mass is 279 g/mol. The summed E-state index contributed by atoms with van der Waals surface area (Å²) in [4.78, 5) is 8.09. The number of thiocarbonyl (C=S) groups is 1. The molecule has 4 N–H and O–H groups in total. The molecule has 0 saturated carbocycles. The van der Waals surface area contributed by atoms with Crippen molar-refractivity contribution in [1.82, 2.24) is 15.6 Å². The molecule has 0 atom stereocenters. The molecular formula is C13H21N5S. The number of hydrogen-bond acceptors (Lipinski definition) is 3. The highest BCUT2D eigenvalue weighted by Crippen LogP contribution is 1.99. The molecule has 0 aromatic carbocycles. The number of guanidine groups is 1. The van der Waals surface area contributed by atoms with Gasteiger partial charge in [0, 0.05) is 25.5 Å². The zero-order valence-electron chi connectivity index (χ0n) is 11.2. The van der Waals surface area contributed by atoms with Gasteiger partial charge in [-0.2, -0.15) is 0 Å². The molecule has 0 amide bonds. The molecule has 19 heavy (non-hydrogen) atoms. The molecule has 0 aliphatic rings. The van der Waals surface area contributed by atoms with Crippen LogP contribution < -0.4 is 16.4 Å². The van der Waals surface area contributed by atoms with Crippen LogP contribution in [0.4, 0.5) is 0 Å². The van der Waals surface area contributed by atoms with Crippen molar-refractivity contribution >= 4 is 23.3 Å². The van der Waals surface area contributed by atoms with Gasteiger partial charge < -0.3 is 16.4 Å². The van der Waals surface area contributed by atoms with Crippen LogP contribution in [0.3, 0.4) is 0 Å². The SMILES string of the molecule is CCCN=C(N)NC(=S)NCCCc1ccncc1. The number of aromatic nitrogens is 1. The fourth-order valence-electron chi connectivity index (χ4n) is 1.48. The maximum atomic E-state index is 5.66. The van der Waals surface area contributed by atoms with Crippen molar-refractivity contribution in [2.24, 2.45) is 10.7 Å². The summed E-state index contributed by atoms with van der Waals surface area (Å²) in [5.74, 6) is 0.369. The minimum atomic E-state index is 0.369. The Morgan fingerprint density at radius 2 is 2.16 bits per heavy atom. The van der Waals surface area contributed by atoms with E-state index < -0.39 is 0 Å². The molecule has 0 bridgehead atoms. The molecule has 0 aliphatic carbocycles. The molecule has 0 aliphatic heterocycles. The van der Waals surface area contributed by atoms with E-state index in [1.807, 2.05) is 19.1 Å². The molecule has 0 saturated heterocycles. The smallest absolute Gasteiger partial charge is 0.194 e. The van der Waals surface area contributed by atoms with Gasteiger partial charge in [0.25, 0.3) is 0 Å². The second-order valence-corrected chi connectivity index (χ2v) is 4.52. The second kappa shape index (κ2) is 9.27. The highest BCUT2D eigenvalue weighted by Gasteiger charge is 1.97. The summed E-state index contributed by atoms with van der Waals surface area (Å²) in [5, 5.41) is 6.48.